The summed E-state index contributed by atoms with van der Waals surface area (Å²) >= 11 is 12.1. The molecule has 0 aliphatic heterocycles. The van der Waals surface area contributed by atoms with Crippen LogP contribution in [0.5, 0.6) is 0 Å². The maximum absolute atomic E-state index is 6.06. The van der Waals surface area contributed by atoms with Gasteiger partial charge in [-0.3, -0.25) is 0 Å². The lowest BCUT2D eigenvalue weighted by molar-refractivity contribution is 1.15. The summed E-state index contributed by atoms with van der Waals surface area (Å²) in [6, 6.07) is 13.1. The molecule has 88 valence electrons. The Kier molecular flexibility index (Phi) is 3.77. The highest BCUT2D eigenvalue weighted by atomic mass is 35.5. The Hall–Kier alpha value is -1.38. The van der Waals surface area contributed by atoms with Crippen LogP contribution in [0.15, 0.2) is 42.5 Å². The zero-order valence-electron chi connectivity index (χ0n) is 9.08. The number of nitrogens with one attached hydrogen (secondary N) is 1. The summed E-state index contributed by atoms with van der Waals surface area (Å²) in [6.45, 7) is 0.593. The van der Waals surface area contributed by atoms with E-state index >= 15 is 0 Å². The highest BCUT2D eigenvalue weighted by Gasteiger charge is 2.05. The zero-order valence-corrected chi connectivity index (χ0v) is 10.6. The molecule has 0 fully saturated rings. The van der Waals surface area contributed by atoms with Crippen LogP contribution in [0.2, 0.25) is 10.0 Å². The predicted molar refractivity (Wildman–Crippen MR) is 74.6 cm³/mol. The van der Waals surface area contributed by atoms with Crippen molar-refractivity contribution in [1.29, 1.82) is 0 Å². The number of hydrogen-bond acceptors (Lipinski definition) is 2. The number of halogens is 2. The normalized spacial score (nSPS) is 10.2. The van der Waals surface area contributed by atoms with E-state index in [1.807, 2.05) is 30.3 Å². The molecule has 0 heterocycles. The lowest BCUT2D eigenvalue weighted by atomic mass is 10.2. The molecule has 0 amide bonds. The van der Waals surface area contributed by atoms with E-state index in [4.69, 9.17) is 28.9 Å². The number of nitrogen functional groups attached to an aromatic ring is 1. The summed E-state index contributed by atoms with van der Waals surface area (Å²) in [4.78, 5) is 0. The number of anilines is 2. The van der Waals surface area contributed by atoms with Crippen LogP contribution < -0.4 is 11.1 Å². The molecule has 0 atom stereocenters. The molecule has 0 bridgehead atoms. The van der Waals surface area contributed by atoms with Gasteiger partial charge in [0.1, 0.15) is 0 Å². The average molecular weight is 267 g/mol. The van der Waals surface area contributed by atoms with E-state index in [0.29, 0.717) is 16.6 Å². The largest absolute Gasteiger partial charge is 0.398 e. The Morgan fingerprint density at radius 2 is 1.59 bits per heavy atom. The first-order valence-electron chi connectivity index (χ1n) is 5.20. The summed E-state index contributed by atoms with van der Waals surface area (Å²) in [5.41, 5.74) is 8.36. The van der Waals surface area contributed by atoms with Gasteiger partial charge in [0, 0.05) is 12.2 Å². The van der Waals surface area contributed by atoms with Gasteiger partial charge < -0.3 is 11.1 Å². The fourth-order valence-corrected chi connectivity index (χ4v) is 2.08. The molecule has 4 heteroatoms. The standard InChI is InChI=1S/C13H12Cl2N2/c14-10-5-3-6-11(15)13(10)17-8-9-4-1-2-7-12(9)16/h1-7,17H,8,16H2. The Bertz CT molecular complexity index is 506. The van der Waals surface area contributed by atoms with Crippen LogP contribution in [-0.2, 0) is 6.54 Å². The van der Waals surface area contributed by atoms with Gasteiger partial charge >= 0.3 is 0 Å². The van der Waals surface area contributed by atoms with E-state index < -0.39 is 0 Å². The molecule has 0 aromatic heterocycles. The van der Waals surface area contributed by atoms with Gasteiger partial charge in [-0.1, -0.05) is 47.5 Å². The number of rotatable bonds is 3. The first-order chi connectivity index (χ1) is 8.18. The number of hydrogen-bond donors (Lipinski definition) is 2. The smallest absolute Gasteiger partial charge is 0.0721 e. The van der Waals surface area contributed by atoms with Crippen molar-refractivity contribution in [2.45, 2.75) is 6.54 Å². The van der Waals surface area contributed by atoms with Crippen LogP contribution in [0.4, 0.5) is 11.4 Å². The summed E-state index contributed by atoms with van der Waals surface area (Å²) in [7, 11) is 0. The van der Waals surface area contributed by atoms with Gasteiger partial charge in [-0.25, -0.2) is 0 Å². The molecule has 2 rings (SSSR count). The molecule has 3 N–H and O–H groups in total. The van der Waals surface area contributed by atoms with Gasteiger partial charge in [0.05, 0.1) is 15.7 Å². The lowest BCUT2D eigenvalue weighted by Gasteiger charge is -2.11. The van der Waals surface area contributed by atoms with Crippen molar-refractivity contribution in [1.82, 2.24) is 0 Å². The molecule has 0 aliphatic rings. The van der Waals surface area contributed by atoms with E-state index in [1.165, 1.54) is 0 Å². The molecule has 0 saturated heterocycles. The SMILES string of the molecule is Nc1ccccc1CNc1c(Cl)cccc1Cl. The highest BCUT2D eigenvalue weighted by Crippen LogP contribution is 2.30. The summed E-state index contributed by atoms with van der Waals surface area (Å²) < 4.78 is 0. The van der Waals surface area contributed by atoms with Gasteiger partial charge in [-0.05, 0) is 23.8 Å². The van der Waals surface area contributed by atoms with Crippen molar-refractivity contribution in [2.24, 2.45) is 0 Å². The van der Waals surface area contributed by atoms with E-state index in [0.717, 1.165) is 16.9 Å². The molecule has 2 aromatic rings. The Morgan fingerprint density at radius 1 is 0.941 bits per heavy atom. The molecule has 2 aromatic carbocycles. The first kappa shape index (κ1) is 12.1. The van der Waals surface area contributed by atoms with Gasteiger partial charge in [-0.15, -0.1) is 0 Å². The molecule has 0 saturated carbocycles. The minimum atomic E-state index is 0.593. The zero-order chi connectivity index (χ0) is 12.3. The minimum Gasteiger partial charge on any atom is -0.398 e. The average Bonchev–Trinajstić information content (AvgIpc) is 2.30. The highest BCUT2D eigenvalue weighted by molar-refractivity contribution is 6.39. The van der Waals surface area contributed by atoms with Crippen molar-refractivity contribution >= 4 is 34.6 Å². The predicted octanol–water partition coefficient (Wildman–Crippen LogP) is 4.19. The number of para-hydroxylation sites is 2. The van der Waals surface area contributed by atoms with Crippen LogP contribution in [0.25, 0.3) is 0 Å². The third-order valence-corrected chi connectivity index (χ3v) is 3.10. The second kappa shape index (κ2) is 5.30. The van der Waals surface area contributed by atoms with E-state index in [2.05, 4.69) is 5.32 Å². The summed E-state index contributed by atoms with van der Waals surface area (Å²) in [5, 5.41) is 4.40. The quantitative estimate of drug-likeness (QED) is 0.818. The second-order valence-corrected chi connectivity index (χ2v) is 4.46. The Labute approximate surface area is 110 Å². The lowest BCUT2D eigenvalue weighted by Crippen LogP contribution is -2.03. The second-order valence-electron chi connectivity index (χ2n) is 3.65. The summed E-state index contributed by atoms with van der Waals surface area (Å²) in [6.07, 6.45) is 0. The van der Waals surface area contributed by atoms with Gasteiger partial charge in [0.25, 0.3) is 0 Å². The van der Waals surface area contributed by atoms with Crippen LogP contribution in [0.3, 0.4) is 0 Å². The Balaban J connectivity index is 2.16. The molecule has 0 unspecified atom stereocenters. The Morgan fingerprint density at radius 3 is 2.24 bits per heavy atom. The van der Waals surface area contributed by atoms with Crippen molar-refractivity contribution in [3.8, 4) is 0 Å². The van der Waals surface area contributed by atoms with Crippen molar-refractivity contribution in [2.75, 3.05) is 11.1 Å². The fourth-order valence-electron chi connectivity index (χ4n) is 1.55. The molecule has 0 radical (unpaired) electrons. The summed E-state index contributed by atoms with van der Waals surface area (Å²) in [5.74, 6) is 0. The molecule has 0 spiro atoms. The van der Waals surface area contributed by atoms with Crippen LogP contribution in [0.1, 0.15) is 5.56 Å². The fraction of sp³-hybridized carbons (Fsp3) is 0.0769. The molecule has 2 nitrogen and oxygen atoms in total. The third-order valence-electron chi connectivity index (χ3n) is 2.47. The van der Waals surface area contributed by atoms with Crippen LogP contribution >= 0.6 is 23.2 Å². The third kappa shape index (κ3) is 2.84. The minimum absolute atomic E-state index is 0.593. The van der Waals surface area contributed by atoms with Crippen molar-refractivity contribution in [3.63, 3.8) is 0 Å². The van der Waals surface area contributed by atoms with Crippen molar-refractivity contribution < 1.29 is 0 Å². The molecule has 17 heavy (non-hydrogen) atoms. The van der Waals surface area contributed by atoms with Crippen LogP contribution in [0, 0.1) is 0 Å². The number of benzene rings is 2. The van der Waals surface area contributed by atoms with E-state index in [-0.39, 0.29) is 0 Å². The number of nitrogens with two attached hydrogens (primary N) is 1. The molecular formula is C13H12Cl2N2. The van der Waals surface area contributed by atoms with E-state index in [1.54, 1.807) is 12.1 Å². The molecular weight excluding hydrogens is 255 g/mol. The first-order valence-corrected chi connectivity index (χ1v) is 5.95. The van der Waals surface area contributed by atoms with E-state index in [9.17, 15) is 0 Å². The van der Waals surface area contributed by atoms with Gasteiger partial charge in [-0.2, -0.15) is 0 Å². The van der Waals surface area contributed by atoms with Crippen molar-refractivity contribution in [3.05, 3.63) is 58.1 Å². The molecule has 0 aliphatic carbocycles. The monoisotopic (exact) mass is 266 g/mol. The maximum Gasteiger partial charge on any atom is 0.0721 e. The van der Waals surface area contributed by atoms with Gasteiger partial charge in [0.15, 0.2) is 0 Å². The van der Waals surface area contributed by atoms with Gasteiger partial charge in [0.2, 0.25) is 0 Å². The van der Waals surface area contributed by atoms with Crippen LogP contribution in [-0.4, -0.2) is 0 Å². The maximum atomic E-state index is 6.06. The topological polar surface area (TPSA) is 38.0 Å².